The van der Waals surface area contributed by atoms with Gasteiger partial charge in [0, 0.05) is 13.0 Å². The Balaban J connectivity index is 2.00. The molecule has 5 nitrogen and oxygen atoms in total. The fraction of sp³-hybridized carbons (Fsp3) is 0.385. The van der Waals surface area contributed by atoms with Crippen LogP contribution >= 0.6 is 0 Å². The summed E-state index contributed by atoms with van der Waals surface area (Å²) >= 11 is 0. The van der Waals surface area contributed by atoms with Gasteiger partial charge < -0.3 is 10.2 Å². The minimum atomic E-state index is -0.392. The van der Waals surface area contributed by atoms with Crippen molar-refractivity contribution < 1.29 is 14.4 Å². The first-order valence-corrected chi connectivity index (χ1v) is 5.97. The van der Waals surface area contributed by atoms with Crippen molar-refractivity contribution in [2.75, 3.05) is 13.1 Å². The van der Waals surface area contributed by atoms with Gasteiger partial charge in [0.15, 0.2) is 0 Å². The van der Waals surface area contributed by atoms with Crippen molar-refractivity contribution in [3.63, 3.8) is 0 Å². The van der Waals surface area contributed by atoms with Crippen molar-refractivity contribution in [3.05, 3.63) is 35.9 Å². The van der Waals surface area contributed by atoms with Gasteiger partial charge in [-0.05, 0) is 19.1 Å². The fourth-order valence-corrected chi connectivity index (χ4v) is 1.84. The molecule has 1 saturated heterocycles. The number of nitrogens with one attached hydrogen (secondary N) is 1. The predicted octanol–water partition coefficient (Wildman–Crippen LogP) is 0.969. The second-order valence-corrected chi connectivity index (χ2v) is 4.29. The van der Waals surface area contributed by atoms with E-state index in [2.05, 4.69) is 5.32 Å². The van der Waals surface area contributed by atoms with Gasteiger partial charge in [-0.2, -0.15) is 0 Å². The van der Waals surface area contributed by atoms with Crippen molar-refractivity contribution in [1.82, 2.24) is 10.4 Å². The maximum absolute atomic E-state index is 11.9. The monoisotopic (exact) mass is 248 g/mol. The number of carbonyl (C=O) groups excluding carboxylic acids is 2. The fourth-order valence-electron chi connectivity index (χ4n) is 1.84. The van der Waals surface area contributed by atoms with E-state index >= 15 is 0 Å². The highest BCUT2D eigenvalue weighted by Gasteiger charge is 2.24. The molecule has 0 saturated carbocycles. The first-order valence-electron chi connectivity index (χ1n) is 5.97. The summed E-state index contributed by atoms with van der Waals surface area (Å²) in [4.78, 5) is 28.5. The highest BCUT2D eigenvalue weighted by atomic mass is 16.7. The summed E-state index contributed by atoms with van der Waals surface area (Å²) < 4.78 is 0. The molecule has 1 aliphatic rings. The van der Waals surface area contributed by atoms with E-state index in [-0.39, 0.29) is 11.9 Å². The van der Waals surface area contributed by atoms with Gasteiger partial charge in [0.2, 0.25) is 5.91 Å². The normalized spacial score (nSPS) is 20.9. The Morgan fingerprint density at radius 3 is 2.83 bits per heavy atom. The molecular formula is C13H16N2O3. The molecule has 0 aromatic heterocycles. The molecule has 1 atom stereocenters. The van der Waals surface area contributed by atoms with Crippen molar-refractivity contribution in [2.45, 2.75) is 19.4 Å². The van der Waals surface area contributed by atoms with Crippen molar-refractivity contribution >= 4 is 11.9 Å². The molecule has 96 valence electrons. The molecule has 1 amide bonds. The summed E-state index contributed by atoms with van der Waals surface area (Å²) in [7, 11) is 0. The number of hydrogen-bond acceptors (Lipinski definition) is 4. The smallest absolute Gasteiger partial charge is 0.357 e. The van der Waals surface area contributed by atoms with Crippen LogP contribution in [0.5, 0.6) is 0 Å². The highest BCUT2D eigenvalue weighted by Crippen LogP contribution is 2.10. The van der Waals surface area contributed by atoms with E-state index in [0.717, 1.165) is 0 Å². The quantitative estimate of drug-likeness (QED) is 0.847. The van der Waals surface area contributed by atoms with Crippen LogP contribution in [0.15, 0.2) is 30.3 Å². The van der Waals surface area contributed by atoms with Crippen LogP contribution < -0.4 is 5.32 Å². The van der Waals surface area contributed by atoms with E-state index in [1.165, 1.54) is 0 Å². The van der Waals surface area contributed by atoms with E-state index in [4.69, 9.17) is 4.84 Å². The molecule has 1 aromatic rings. The van der Waals surface area contributed by atoms with Crippen molar-refractivity contribution in [3.8, 4) is 0 Å². The van der Waals surface area contributed by atoms with Crippen LogP contribution in [0.2, 0.25) is 0 Å². The van der Waals surface area contributed by atoms with Gasteiger partial charge in [0.25, 0.3) is 0 Å². The van der Waals surface area contributed by atoms with Crippen LogP contribution in [0.25, 0.3) is 0 Å². The second kappa shape index (κ2) is 5.64. The number of amides is 1. The lowest BCUT2D eigenvalue weighted by atomic mass is 10.2. The lowest BCUT2D eigenvalue weighted by molar-refractivity contribution is -0.136. The highest BCUT2D eigenvalue weighted by molar-refractivity contribution is 5.89. The number of benzene rings is 1. The van der Waals surface area contributed by atoms with Crippen LogP contribution in [-0.2, 0) is 9.63 Å². The zero-order valence-electron chi connectivity index (χ0n) is 10.3. The van der Waals surface area contributed by atoms with Crippen LogP contribution in [-0.4, -0.2) is 36.1 Å². The maximum Gasteiger partial charge on any atom is 0.357 e. The Kier molecular flexibility index (Phi) is 3.94. The summed E-state index contributed by atoms with van der Waals surface area (Å²) in [5.74, 6) is -0.405. The SMILES string of the molecule is CC1CC(=O)NCCN1OC(=O)c1ccccc1. The zero-order valence-corrected chi connectivity index (χ0v) is 10.3. The van der Waals surface area contributed by atoms with Crippen LogP contribution in [0.4, 0.5) is 0 Å². The standard InChI is InChI=1S/C13H16N2O3/c1-10-9-12(16)14-7-8-15(10)18-13(17)11-5-3-2-4-6-11/h2-6,10H,7-9H2,1H3,(H,14,16). The lowest BCUT2D eigenvalue weighted by Crippen LogP contribution is -2.36. The topological polar surface area (TPSA) is 58.6 Å². The molecule has 2 rings (SSSR count). The van der Waals surface area contributed by atoms with Gasteiger partial charge in [-0.1, -0.05) is 18.2 Å². The Morgan fingerprint density at radius 2 is 2.11 bits per heavy atom. The average Bonchev–Trinajstić information content (AvgIpc) is 2.52. The Bertz CT molecular complexity index is 433. The van der Waals surface area contributed by atoms with Crippen LogP contribution in [0.1, 0.15) is 23.7 Å². The molecule has 5 heteroatoms. The predicted molar refractivity (Wildman–Crippen MR) is 65.7 cm³/mol. The summed E-state index contributed by atoms with van der Waals surface area (Å²) in [5, 5.41) is 4.31. The Hall–Kier alpha value is -1.88. The molecular weight excluding hydrogens is 232 g/mol. The molecule has 1 fully saturated rings. The zero-order chi connectivity index (χ0) is 13.0. The third-order valence-corrected chi connectivity index (χ3v) is 2.84. The van der Waals surface area contributed by atoms with Gasteiger partial charge in [0.1, 0.15) is 0 Å². The van der Waals surface area contributed by atoms with E-state index < -0.39 is 5.97 Å². The van der Waals surface area contributed by atoms with Gasteiger partial charge >= 0.3 is 5.97 Å². The first-order chi connectivity index (χ1) is 8.66. The van der Waals surface area contributed by atoms with Gasteiger partial charge in [-0.3, -0.25) is 4.79 Å². The molecule has 18 heavy (non-hydrogen) atoms. The number of carbonyl (C=O) groups is 2. The van der Waals surface area contributed by atoms with E-state index in [1.54, 1.807) is 29.3 Å². The molecule has 0 spiro atoms. The number of nitrogens with zero attached hydrogens (tertiary/aromatic N) is 1. The third-order valence-electron chi connectivity index (χ3n) is 2.84. The Morgan fingerprint density at radius 1 is 1.39 bits per heavy atom. The van der Waals surface area contributed by atoms with Gasteiger partial charge in [-0.15, -0.1) is 5.06 Å². The van der Waals surface area contributed by atoms with E-state index in [0.29, 0.717) is 25.1 Å². The van der Waals surface area contributed by atoms with Crippen molar-refractivity contribution in [1.29, 1.82) is 0 Å². The molecule has 1 unspecified atom stereocenters. The molecule has 0 aliphatic carbocycles. The second-order valence-electron chi connectivity index (χ2n) is 4.29. The van der Waals surface area contributed by atoms with Crippen molar-refractivity contribution in [2.24, 2.45) is 0 Å². The number of hydroxylamine groups is 2. The lowest BCUT2D eigenvalue weighted by Gasteiger charge is -2.24. The molecule has 1 heterocycles. The minimum absolute atomic E-state index is 0.0132. The first kappa shape index (κ1) is 12.6. The largest absolute Gasteiger partial charge is 0.364 e. The van der Waals surface area contributed by atoms with Gasteiger partial charge in [0.05, 0.1) is 18.2 Å². The summed E-state index contributed by atoms with van der Waals surface area (Å²) in [6.45, 7) is 2.86. The molecule has 1 aliphatic heterocycles. The maximum atomic E-state index is 11.9. The van der Waals surface area contributed by atoms with Crippen LogP contribution in [0, 0.1) is 0 Å². The number of hydrogen-bond donors (Lipinski definition) is 1. The Labute approximate surface area is 106 Å². The average molecular weight is 248 g/mol. The summed E-state index contributed by atoms with van der Waals surface area (Å²) in [5.41, 5.74) is 0.508. The van der Waals surface area contributed by atoms with E-state index in [9.17, 15) is 9.59 Å². The molecule has 1 aromatic carbocycles. The minimum Gasteiger partial charge on any atom is -0.364 e. The van der Waals surface area contributed by atoms with Crippen LogP contribution in [0.3, 0.4) is 0 Å². The summed E-state index contributed by atoms with van der Waals surface area (Å²) in [6.07, 6.45) is 0.335. The van der Waals surface area contributed by atoms with Gasteiger partial charge in [-0.25, -0.2) is 4.79 Å². The van der Waals surface area contributed by atoms with E-state index in [1.807, 2.05) is 13.0 Å². The molecule has 0 bridgehead atoms. The summed E-state index contributed by atoms with van der Waals surface area (Å²) in [6, 6.07) is 8.71. The molecule has 1 N–H and O–H groups in total. The third kappa shape index (κ3) is 3.07. The molecule has 0 radical (unpaired) electrons. The number of rotatable bonds is 2.